The number of hydrogen-bond donors (Lipinski definition) is 2. The molecule has 1 aliphatic rings. The summed E-state index contributed by atoms with van der Waals surface area (Å²) in [5.74, 6) is -1.09. The van der Waals surface area contributed by atoms with Crippen molar-refractivity contribution in [3.63, 3.8) is 0 Å². The van der Waals surface area contributed by atoms with Gasteiger partial charge in [-0.15, -0.1) is 13.2 Å². The van der Waals surface area contributed by atoms with Crippen molar-refractivity contribution in [2.24, 2.45) is 5.92 Å². The zero-order valence-corrected chi connectivity index (χ0v) is 18.0. The SMILES string of the molecule is CC(NC(=O)c1ccnc(NC(=O)C2CC2)n1)c1cc(CI)cc(OC(F)(F)F)c1. The van der Waals surface area contributed by atoms with Crippen molar-refractivity contribution in [1.29, 1.82) is 0 Å². The van der Waals surface area contributed by atoms with Gasteiger partial charge in [-0.25, -0.2) is 9.97 Å². The number of carbonyl (C=O) groups is 2. The summed E-state index contributed by atoms with van der Waals surface area (Å²) in [6, 6.07) is 5.00. The maximum atomic E-state index is 12.6. The van der Waals surface area contributed by atoms with E-state index in [-0.39, 0.29) is 29.2 Å². The zero-order valence-electron chi connectivity index (χ0n) is 15.8. The number of aromatic nitrogens is 2. The summed E-state index contributed by atoms with van der Waals surface area (Å²) < 4.78 is 42.2. The van der Waals surface area contributed by atoms with E-state index in [2.05, 4.69) is 25.3 Å². The lowest BCUT2D eigenvalue weighted by Crippen LogP contribution is -2.28. The van der Waals surface area contributed by atoms with Crippen LogP contribution < -0.4 is 15.4 Å². The number of carbonyl (C=O) groups excluding carboxylic acids is 2. The van der Waals surface area contributed by atoms with Gasteiger partial charge in [0.05, 0.1) is 6.04 Å². The van der Waals surface area contributed by atoms with Crippen molar-refractivity contribution < 1.29 is 27.5 Å². The second-order valence-electron chi connectivity index (χ2n) is 6.82. The number of benzene rings is 1. The number of rotatable bonds is 7. The first-order chi connectivity index (χ1) is 14.1. The highest BCUT2D eigenvalue weighted by Crippen LogP contribution is 2.30. The molecule has 1 atom stereocenters. The molecule has 7 nitrogen and oxygen atoms in total. The maximum absolute atomic E-state index is 12.6. The Labute approximate surface area is 184 Å². The molecule has 1 aromatic carbocycles. The summed E-state index contributed by atoms with van der Waals surface area (Å²) in [6.07, 6.45) is -1.82. The minimum absolute atomic E-state index is 0.0276. The topological polar surface area (TPSA) is 93.2 Å². The molecule has 1 unspecified atom stereocenters. The van der Waals surface area contributed by atoms with E-state index in [0.29, 0.717) is 15.6 Å². The van der Waals surface area contributed by atoms with E-state index < -0.39 is 18.3 Å². The van der Waals surface area contributed by atoms with Crippen LogP contribution in [0.15, 0.2) is 30.5 Å². The largest absolute Gasteiger partial charge is 0.573 e. The van der Waals surface area contributed by atoms with Crippen molar-refractivity contribution in [2.75, 3.05) is 5.32 Å². The summed E-state index contributed by atoms with van der Waals surface area (Å²) in [4.78, 5) is 32.3. The molecule has 1 aliphatic carbocycles. The van der Waals surface area contributed by atoms with E-state index in [1.165, 1.54) is 24.4 Å². The van der Waals surface area contributed by atoms with Crippen molar-refractivity contribution in [3.05, 3.63) is 47.3 Å². The van der Waals surface area contributed by atoms with E-state index in [0.717, 1.165) is 12.8 Å². The van der Waals surface area contributed by atoms with Gasteiger partial charge in [-0.05, 0) is 49.1 Å². The Hall–Kier alpha value is -2.44. The standard InChI is InChI=1S/C19H18F3IN4O3/c1-10(13-6-11(9-23)7-14(8-13)30-19(20,21)22)25-17(29)15-4-5-24-18(26-15)27-16(28)12-2-3-12/h4-8,10,12H,2-3,9H2,1H3,(H,25,29)(H,24,26,27,28). The minimum Gasteiger partial charge on any atom is -0.406 e. The fourth-order valence-corrected chi connectivity index (χ4v) is 3.10. The first-order valence-corrected chi connectivity index (χ1v) is 10.6. The molecule has 0 spiro atoms. The number of hydrogen-bond acceptors (Lipinski definition) is 5. The van der Waals surface area contributed by atoms with Gasteiger partial charge in [-0.1, -0.05) is 28.7 Å². The fraction of sp³-hybridized carbons (Fsp3) is 0.368. The molecule has 2 amide bonds. The van der Waals surface area contributed by atoms with Crippen molar-refractivity contribution in [2.45, 2.75) is 36.6 Å². The first-order valence-electron chi connectivity index (χ1n) is 9.05. The number of amides is 2. The van der Waals surface area contributed by atoms with Crippen LogP contribution >= 0.6 is 22.6 Å². The van der Waals surface area contributed by atoms with Gasteiger partial charge in [-0.3, -0.25) is 14.9 Å². The van der Waals surface area contributed by atoms with Crippen LogP contribution in [0.2, 0.25) is 0 Å². The normalized spacial score (nSPS) is 14.7. The minimum atomic E-state index is -4.81. The van der Waals surface area contributed by atoms with Gasteiger partial charge in [-0.2, -0.15) is 0 Å². The molecule has 1 saturated carbocycles. The molecule has 0 saturated heterocycles. The predicted molar refractivity (Wildman–Crippen MR) is 110 cm³/mol. The Morgan fingerprint density at radius 2 is 2.03 bits per heavy atom. The van der Waals surface area contributed by atoms with Crippen LogP contribution in [-0.4, -0.2) is 28.1 Å². The summed E-state index contributed by atoms with van der Waals surface area (Å²) in [6.45, 7) is 1.64. The number of ether oxygens (including phenoxy) is 1. The molecule has 0 aliphatic heterocycles. The maximum Gasteiger partial charge on any atom is 0.573 e. The van der Waals surface area contributed by atoms with Gasteiger partial charge in [0.15, 0.2) is 0 Å². The molecule has 30 heavy (non-hydrogen) atoms. The zero-order chi connectivity index (χ0) is 21.9. The average Bonchev–Trinajstić information content (AvgIpc) is 3.51. The number of anilines is 1. The number of halogens is 4. The molecule has 3 rings (SSSR count). The molecule has 11 heteroatoms. The summed E-state index contributed by atoms with van der Waals surface area (Å²) >= 11 is 2.03. The lowest BCUT2D eigenvalue weighted by atomic mass is 10.0. The van der Waals surface area contributed by atoms with Crippen LogP contribution in [0.3, 0.4) is 0 Å². The van der Waals surface area contributed by atoms with Gasteiger partial charge in [0.25, 0.3) is 5.91 Å². The van der Waals surface area contributed by atoms with E-state index in [1.807, 2.05) is 22.6 Å². The molecule has 1 heterocycles. The lowest BCUT2D eigenvalue weighted by molar-refractivity contribution is -0.274. The number of nitrogens with zero attached hydrogens (tertiary/aromatic N) is 2. The highest BCUT2D eigenvalue weighted by Gasteiger charge is 2.32. The Morgan fingerprint density at radius 1 is 1.30 bits per heavy atom. The highest BCUT2D eigenvalue weighted by atomic mass is 127. The Morgan fingerprint density at radius 3 is 2.67 bits per heavy atom. The molecule has 1 fully saturated rings. The third-order valence-electron chi connectivity index (χ3n) is 4.30. The molecule has 1 aromatic heterocycles. The Balaban J connectivity index is 1.72. The quantitative estimate of drug-likeness (QED) is 0.412. The van der Waals surface area contributed by atoms with Gasteiger partial charge in [0.2, 0.25) is 11.9 Å². The monoisotopic (exact) mass is 534 g/mol. The third-order valence-corrected chi connectivity index (χ3v) is 5.18. The highest BCUT2D eigenvalue weighted by molar-refractivity contribution is 14.1. The Kier molecular flexibility index (Phi) is 6.78. The van der Waals surface area contributed by atoms with Gasteiger partial charge < -0.3 is 10.1 Å². The molecule has 2 N–H and O–H groups in total. The van der Waals surface area contributed by atoms with Gasteiger partial charge in [0, 0.05) is 16.5 Å². The lowest BCUT2D eigenvalue weighted by Gasteiger charge is -2.17. The van der Waals surface area contributed by atoms with E-state index in [9.17, 15) is 22.8 Å². The second kappa shape index (κ2) is 9.14. The average molecular weight is 534 g/mol. The third kappa shape index (κ3) is 6.28. The number of nitrogens with one attached hydrogen (secondary N) is 2. The summed E-state index contributed by atoms with van der Waals surface area (Å²) in [5, 5.41) is 5.25. The smallest absolute Gasteiger partial charge is 0.406 e. The number of alkyl halides is 4. The Bertz CT molecular complexity index is 951. The van der Waals surface area contributed by atoms with Crippen LogP contribution in [0.5, 0.6) is 5.75 Å². The van der Waals surface area contributed by atoms with E-state index in [4.69, 9.17) is 0 Å². The first kappa shape index (κ1) is 22.2. The van der Waals surface area contributed by atoms with Crippen molar-refractivity contribution in [1.82, 2.24) is 15.3 Å². The van der Waals surface area contributed by atoms with Crippen LogP contribution in [0, 0.1) is 5.92 Å². The van der Waals surface area contributed by atoms with Crippen LogP contribution in [0.1, 0.15) is 47.4 Å². The van der Waals surface area contributed by atoms with Crippen LogP contribution in [0.25, 0.3) is 0 Å². The van der Waals surface area contributed by atoms with Crippen LogP contribution in [0.4, 0.5) is 19.1 Å². The molecule has 2 aromatic rings. The molecular formula is C19H18F3IN4O3. The van der Waals surface area contributed by atoms with Gasteiger partial charge >= 0.3 is 6.36 Å². The summed E-state index contributed by atoms with van der Waals surface area (Å²) in [7, 11) is 0. The predicted octanol–water partition coefficient (Wildman–Crippen LogP) is 4.15. The molecule has 0 radical (unpaired) electrons. The molecule has 160 valence electrons. The molecule has 0 bridgehead atoms. The van der Waals surface area contributed by atoms with Crippen LogP contribution in [-0.2, 0) is 9.22 Å². The fourth-order valence-electron chi connectivity index (χ4n) is 2.66. The van der Waals surface area contributed by atoms with Crippen molar-refractivity contribution in [3.8, 4) is 5.75 Å². The summed E-state index contributed by atoms with van der Waals surface area (Å²) in [5.41, 5.74) is 1.10. The van der Waals surface area contributed by atoms with Gasteiger partial charge in [0.1, 0.15) is 11.4 Å². The van der Waals surface area contributed by atoms with E-state index >= 15 is 0 Å². The second-order valence-corrected chi connectivity index (χ2v) is 7.58. The van der Waals surface area contributed by atoms with Crippen molar-refractivity contribution >= 4 is 40.4 Å². The molecular weight excluding hydrogens is 516 g/mol. The van der Waals surface area contributed by atoms with E-state index in [1.54, 1.807) is 13.0 Å².